The fourth-order valence-electron chi connectivity index (χ4n) is 3.31. The monoisotopic (exact) mass is 448 g/mol. The second-order valence-corrected chi connectivity index (χ2v) is 9.15. The summed E-state index contributed by atoms with van der Waals surface area (Å²) >= 11 is 6.48. The van der Waals surface area contributed by atoms with Crippen molar-refractivity contribution in [2.45, 2.75) is 58.8 Å². The summed E-state index contributed by atoms with van der Waals surface area (Å²) in [5, 5.41) is 8.85. The molecule has 1 aromatic rings. The molecular formula is C23H32N2O3S2. The maximum atomic E-state index is 12.5. The van der Waals surface area contributed by atoms with E-state index in [1.54, 1.807) is 0 Å². The van der Waals surface area contributed by atoms with Crippen LogP contribution in [-0.2, 0) is 9.59 Å². The lowest BCUT2D eigenvalue weighted by Crippen LogP contribution is -2.30. The Kier molecular flexibility index (Phi) is 10.4. The van der Waals surface area contributed by atoms with Gasteiger partial charge in [0.25, 0.3) is 5.91 Å². The normalized spacial score (nSPS) is 15.3. The molecule has 1 aromatic carbocycles. The van der Waals surface area contributed by atoms with Gasteiger partial charge in [0.1, 0.15) is 4.32 Å². The van der Waals surface area contributed by atoms with E-state index in [0.29, 0.717) is 9.23 Å². The molecule has 0 aliphatic carbocycles. The largest absolute Gasteiger partial charge is 0.481 e. The Morgan fingerprint density at radius 1 is 1.10 bits per heavy atom. The molecule has 7 heteroatoms. The second-order valence-electron chi connectivity index (χ2n) is 7.47. The molecule has 1 N–H and O–H groups in total. The van der Waals surface area contributed by atoms with Crippen LogP contribution in [0.4, 0.5) is 5.69 Å². The highest BCUT2D eigenvalue weighted by Crippen LogP contribution is 2.33. The first-order chi connectivity index (χ1) is 14.5. The van der Waals surface area contributed by atoms with Crippen LogP contribution in [-0.4, -0.2) is 45.8 Å². The van der Waals surface area contributed by atoms with Crippen LogP contribution < -0.4 is 4.90 Å². The Morgan fingerprint density at radius 2 is 1.70 bits per heavy atom. The lowest BCUT2D eigenvalue weighted by Gasteiger charge is -2.25. The third-order valence-corrected chi connectivity index (χ3v) is 6.42. The first-order valence-electron chi connectivity index (χ1n) is 10.8. The summed E-state index contributed by atoms with van der Waals surface area (Å²) in [4.78, 5) is 27.7. The number of carbonyl (C=O) groups is 2. The van der Waals surface area contributed by atoms with E-state index in [2.05, 4.69) is 30.9 Å². The van der Waals surface area contributed by atoms with Gasteiger partial charge in [-0.25, -0.2) is 0 Å². The number of rotatable bonds is 13. The minimum Gasteiger partial charge on any atom is -0.481 e. The number of thiocarbonyl (C=S) groups is 1. The number of thioether (sulfide) groups is 1. The van der Waals surface area contributed by atoms with E-state index in [1.165, 1.54) is 60.9 Å². The topological polar surface area (TPSA) is 60.9 Å². The Morgan fingerprint density at radius 3 is 2.23 bits per heavy atom. The summed E-state index contributed by atoms with van der Waals surface area (Å²) in [6.45, 7) is 6.69. The zero-order valence-electron chi connectivity index (χ0n) is 17.9. The zero-order valence-corrected chi connectivity index (χ0v) is 19.6. The molecule has 0 spiro atoms. The molecule has 0 aromatic heterocycles. The van der Waals surface area contributed by atoms with Gasteiger partial charge in [0.15, 0.2) is 0 Å². The number of carbonyl (C=O) groups excluding carboxylic acids is 1. The quantitative estimate of drug-likeness (QED) is 0.243. The van der Waals surface area contributed by atoms with E-state index in [-0.39, 0.29) is 18.9 Å². The molecule has 0 radical (unpaired) electrons. The molecule has 1 aliphatic heterocycles. The van der Waals surface area contributed by atoms with E-state index >= 15 is 0 Å². The van der Waals surface area contributed by atoms with Gasteiger partial charge in [0.2, 0.25) is 0 Å². The standard InChI is InChI=1S/C23H32N2O3S2/c1-3-5-7-14-24(15-8-6-4-2)19-11-9-18(10-12-19)17-20-22(28)25(23(29)30-20)16-13-21(26)27/h9-12,17H,3-8,13-16H2,1-2H3,(H,26,27). The third-order valence-electron chi connectivity index (χ3n) is 5.04. The van der Waals surface area contributed by atoms with E-state index < -0.39 is 5.97 Å². The van der Waals surface area contributed by atoms with Crippen LogP contribution in [0.5, 0.6) is 0 Å². The number of carboxylic acid groups (broad SMARTS) is 1. The number of hydrogen-bond donors (Lipinski definition) is 1. The van der Waals surface area contributed by atoms with Crippen LogP contribution in [0, 0.1) is 0 Å². The minimum absolute atomic E-state index is 0.111. The Labute approximate surface area is 189 Å². The van der Waals surface area contributed by atoms with Gasteiger partial charge in [-0.15, -0.1) is 0 Å². The predicted octanol–water partition coefficient (Wildman–Crippen LogP) is 5.55. The van der Waals surface area contributed by atoms with Crippen LogP contribution >= 0.6 is 24.0 Å². The van der Waals surface area contributed by atoms with Crippen molar-refractivity contribution >= 4 is 51.9 Å². The first kappa shape index (κ1) is 24.4. The van der Waals surface area contributed by atoms with Crippen molar-refractivity contribution in [3.8, 4) is 0 Å². The maximum Gasteiger partial charge on any atom is 0.305 e. The van der Waals surface area contributed by atoms with E-state index in [4.69, 9.17) is 17.3 Å². The van der Waals surface area contributed by atoms with Crippen LogP contribution in [0.3, 0.4) is 0 Å². The number of carboxylic acids is 1. The fourth-order valence-corrected chi connectivity index (χ4v) is 4.62. The smallest absolute Gasteiger partial charge is 0.305 e. The molecule has 1 heterocycles. The molecule has 164 valence electrons. The van der Waals surface area contributed by atoms with Crippen LogP contribution in [0.1, 0.15) is 64.4 Å². The maximum absolute atomic E-state index is 12.5. The second kappa shape index (κ2) is 12.7. The van der Waals surface area contributed by atoms with E-state index in [1.807, 2.05) is 18.2 Å². The Bertz CT molecular complexity index is 752. The lowest BCUT2D eigenvalue weighted by atomic mass is 10.1. The third kappa shape index (κ3) is 7.43. The number of hydrogen-bond acceptors (Lipinski definition) is 5. The molecule has 1 fully saturated rings. The average molecular weight is 449 g/mol. The average Bonchev–Trinajstić information content (AvgIpc) is 2.98. The summed E-state index contributed by atoms with van der Waals surface area (Å²) < 4.78 is 0.419. The molecule has 0 bridgehead atoms. The summed E-state index contributed by atoms with van der Waals surface area (Å²) in [5.74, 6) is -1.15. The van der Waals surface area contributed by atoms with Crippen LogP contribution in [0.25, 0.3) is 6.08 Å². The van der Waals surface area contributed by atoms with E-state index in [9.17, 15) is 9.59 Å². The molecule has 1 aliphatic rings. The van der Waals surface area contributed by atoms with Gasteiger partial charge in [-0.1, -0.05) is 75.6 Å². The van der Waals surface area contributed by atoms with Crippen molar-refractivity contribution in [2.24, 2.45) is 0 Å². The van der Waals surface area contributed by atoms with Crippen molar-refractivity contribution < 1.29 is 14.7 Å². The fraction of sp³-hybridized carbons (Fsp3) is 0.522. The van der Waals surface area contributed by atoms with Crippen molar-refractivity contribution in [1.82, 2.24) is 4.90 Å². The molecule has 0 unspecified atom stereocenters. The van der Waals surface area contributed by atoms with Crippen molar-refractivity contribution in [1.29, 1.82) is 0 Å². The van der Waals surface area contributed by atoms with Crippen LogP contribution in [0.15, 0.2) is 29.2 Å². The highest BCUT2D eigenvalue weighted by molar-refractivity contribution is 8.26. The van der Waals surface area contributed by atoms with Crippen molar-refractivity contribution in [3.05, 3.63) is 34.7 Å². The van der Waals surface area contributed by atoms with Gasteiger partial charge < -0.3 is 10.0 Å². The molecule has 1 saturated heterocycles. The number of unbranched alkanes of at least 4 members (excludes halogenated alkanes) is 4. The van der Waals surface area contributed by atoms with Crippen molar-refractivity contribution in [2.75, 3.05) is 24.5 Å². The van der Waals surface area contributed by atoms with Gasteiger partial charge in [0, 0.05) is 25.3 Å². The Hall–Kier alpha value is -1.86. The molecule has 1 amide bonds. The van der Waals surface area contributed by atoms with Gasteiger partial charge in [-0.2, -0.15) is 0 Å². The molecule has 2 rings (SSSR count). The lowest BCUT2D eigenvalue weighted by molar-refractivity contribution is -0.137. The number of nitrogens with zero attached hydrogens (tertiary/aromatic N) is 2. The number of benzene rings is 1. The number of aliphatic carboxylic acids is 1. The summed E-state index contributed by atoms with van der Waals surface area (Å²) in [6, 6.07) is 8.31. The summed E-state index contributed by atoms with van der Waals surface area (Å²) in [7, 11) is 0. The predicted molar refractivity (Wildman–Crippen MR) is 130 cm³/mol. The zero-order chi connectivity index (χ0) is 21.9. The SMILES string of the molecule is CCCCCN(CCCCC)c1ccc(C=C2SC(=S)N(CCC(=O)O)C2=O)cc1. The highest BCUT2D eigenvalue weighted by atomic mass is 32.2. The highest BCUT2D eigenvalue weighted by Gasteiger charge is 2.32. The van der Waals surface area contributed by atoms with Gasteiger partial charge in [-0.3, -0.25) is 14.5 Å². The molecule has 30 heavy (non-hydrogen) atoms. The molecule has 5 nitrogen and oxygen atoms in total. The van der Waals surface area contributed by atoms with Gasteiger partial charge >= 0.3 is 5.97 Å². The number of anilines is 1. The van der Waals surface area contributed by atoms with Crippen LogP contribution in [0.2, 0.25) is 0 Å². The van der Waals surface area contributed by atoms with E-state index in [0.717, 1.165) is 18.7 Å². The first-order valence-corrected chi connectivity index (χ1v) is 12.0. The van der Waals surface area contributed by atoms with Gasteiger partial charge in [0.05, 0.1) is 11.3 Å². The number of amides is 1. The molecular weight excluding hydrogens is 416 g/mol. The van der Waals surface area contributed by atoms with Crippen molar-refractivity contribution in [3.63, 3.8) is 0 Å². The Balaban J connectivity index is 2.06. The molecule has 0 atom stereocenters. The van der Waals surface area contributed by atoms with Gasteiger partial charge in [-0.05, 0) is 36.6 Å². The minimum atomic E-state index is -0.939. The molecule has 0 saturated carbocycles. The summed E-state index contributed by atoms with van der Waals surface area (Å²) in [5.41, 5.74) is 2.16. The summed E-state index contributed by atoms with van der Waals surface area (Å²) in [6.07, 6.45) is 9.03.